The summed E-state index contributed by atoms with van der Waals surface area (Å²) in [6.45, 7) is 0.910. The van der Waals surface area contributed by atoms with Crippen molar-refractivity contribution in [2.45, 2.75) is 50.4 Å². The highest BCUT2D eigenvalue weighted by atomic mass is 16.5. The average Bonchev–Trinajstić information content (AvgIpc) is 2.70. The summed E-state index contributed by atoms with van der Waals surface area (Å²) < 4.78 is 4.78. The summed E-state index contributed by atoms with van der Waals surface area (Å²) in [6, 6.07) is 9.36. The number of ether oxygens (including phenoxy) is 1. The van der Waals surface area contributed by atoms with Crippen molar-refractivity contribution in [1.29, 1.82) is 0 Å². The molecule has 4 nitrogen and oxygen atoms in total. The van der Waals surface area contributed by atoms with E-state index in [-0.39, 0.29) is 5.97 Å². The molecule has 2 aliphatic rings. The molecule has 2 saturated heterocycles. The van der Waals surface area contributed by atoms with Gasteiger partial charge in [0.25, 0.3) is 0 Å². The van der Waals surface area contributed by atoms with Gasteiger partial charge in [-0.3, -0.25) is 4.90 Å². The molecular weight excluding hydrogens is 252 g/mol. The number of fused-ring (bicyclic) bond motifs is 2. The molecule has 0 aromatic heterocycles. The van der Waals surface area contributed by atoms with Crippen LogP contribution in [-0.2, 0) is 11.3 Å². The van der Waals surface area contributed by atoms with Gasteiger partial charge in [0.2, 0.25) is 0 Å². The zero-order valence-corrected chi connectivity index (χ0v) is 11.9. The van der Waals surface area contributed by atoms with Gasteiger partial charge in [0.15, 0.2) is 0 Å². The maximum atomic E-state index is 11.6. The van der Waals surface area contributed by atoms with Gasteiger partial charge in [0.05, 0.1) is 12.7 Å². The van der Waals surface area contributed by atoms with E-state index in [0.717, 1.165) is 19.4 Å². The van der Waals surface area contributed by atoms with E-state index in [2.05, 4.69) is 11.0 Å². The van der Waals surface area contributed by atoms with Crippen molar-refractivity contribution in [3.05, 3.63) is 35.4 Å². The minimum Gasteiger partial charge on any atom is -0.465 e. The molecule has 2 fully saturated rings. The second kappa shape index (κ2) is 5.54. The zero-order chi connectivity index (χ0) is 14.1. The van der Waals surface area contributed by atoms with Crippen LogP contribution in [0.2, 0.25) is 0 Å². The third-order valence-corrected chi connectivity index (χ3v) is 4.63. The lowest BCUT2D eigenvalue weighted by molar-refractivity contribution is 0.0600. The number of carbonyl (C=O) groups is 1. The number of nitrogens with two attached hydrogens (primary N) is 1. The number of rotatable bonds is 3. The lowest BCUT2D eigenvalue weighted by Gasteiger charge is -2.37. The Morgan fingerprint density at radius 3 is 2.70 bits per heavy atom. The highest BCUT2D eigenvalue weighted by Crippen LogP contribution is 2.36. The highest BCUT2D eigenvalue weighted by molar-refractivity contribution is 5.89. The van der Waals surface area contributed by atoms with Crippen LogP contribution in [0.5, 0.6) is 0 Å². The van der Waals surface area contributed by atoms with Crippen molar-refractivity contribution in [3.8, 4) is 0 Å². The van der Waals surface area contributed by atoms with Gasteiger partial charge in [-0.25, -0.2) is 4.79 Å². The molecule has 0 spiro atoms. The molecule has 2 aliphatic heterocycles. The zero-order valence-electron chi connectivity index (χ0n) is 11.9. The van der Waals surface area contributed by atoms with Crippen LogP contribution in [0.25, 0.3) is 0 Å². The Kier molecular flexibility index (Phi) is 3.76. The van der Waals surface area contributed by atoms with Crippen molar-refractivity contribution in [2.24, 2.45) is 5.73 Å². The van der Waals surface area contributed by atoms with E-state index in [1.807, 2.05) is 12.1 Å². The molecule has 2 unspecified atom stereocenters. The van der Waals surface area contributed by atoms with Crippen molar-refractivity contribution < 1.29 is 9.53 Å². The van der Waals surface area contributed by atoms with E-state index in [0.29, 0.717) is 23.7 Å². The van der Waals surface area contributed by atoms with Crippen molar-refractivity contribution in [2.75, 3.05) is 7.11 Å². The number of nitrogens with zero attached hydrogens (tertiary/aromatic N) is 1. The van der Waals surface area contributed by atoms with Crippen LogP contribution < -0.4 is 5.73 Å². The number of esters is 1. The Morgan fingerprint density at radius 2 is 2.05 bits per heavy atom. The van der Waals surface area contributed by atoms with Crippen LogP contribution in [0.15, 0.2) is 24.3 Å². The highest BCUT2D eigenvalue weighted by Gasteiger charge is 2.39. The van der Waals surface area contributed by atoms with Crippen LogP contribution in [-0.4, -0.2) is 36.1 Å². The van der Waals surface area contributed by atoms with E-state index >= 15 is 0 Å². The number of methoxy groups -OCH3 is 1. The second-order valence-electron chi connectivity index (χ2n) is 5.98. The van der Waals surface area contributed by atoms with Gasteiger partial charge >= 0.3 is 5.97 Å². The first kappa shape index (κ1) is 13.6. The van der Waals surface area contributed by atoms with E-state index in [9.17, 15) is 4.79 Å². The molecule has 2 bridgehead atoms. The molecule has 0 radical (unpaired) electrons. The lowest BCUT2D eigenvalue weighted by Crippen LogP contribution is -2.46. The maximum absolute atomic E-state index is 11.6. The van der Waals surface area contributed by atoms with Crippen LogP contribution in [0.1, 0.15) is 41.6 Å². The third-order valence-electron chi connectivity index (χ3n) is 4.63. The van der Waals surface area contributed by atoms with Gasteiger partial charge < -0.3 is 10.5 Å². The molecule has 2 heterocycles. The Bertz CT molecular complexity index is 489. The molecule has 0 amide bonds. The first-order valence-corrected chi connectivity index (χ1v) is 7.36. The maximum Gasteiger partial charge on any atom is 0.337 e. The summed E-state index contributed by atoms with van der Waals surface area (Å²) in [4.78, 5) is 14.2. The van der Waals surface area contributed by atoms with Gasteiger partial charge in [0.1, 0.15) is 0 Å². The molecule has 2 atom stereocenters. The Hall–Kier alpha value is -1.39. The van der Waals surface area contributed by atoms with Gasteiger partial charge in [-0.1, -0.05) is 12.1 Å². The topological polar surface area (TPSA) is 55.6 Å². The summed E-state index contributed by atoms with van der Waals surface area (Å²) in [7, 11) is 1.42. The van der Waals surface area contributed by atoms with Crippen molar-refractivity contribution in [1.82, 2.24) is 4.90 Å². The molecule has 0 saturated carbocycles. The molecule has 20 heavy (non-hydrogen) atoms. The number of piperidine rings is 1. The summed E-state index contributed by atoms with van der Waals surface area (Å²) in [5.74, 6) is -0.268. The number of hydrogen-bond donors (Lipinski definition) is 1. The normalized spacial score (nSPS) is 29.4. The van der Waals surface area contributed by atoms with Gasteiger partial charge in [-0.2, -0.15) is 0 Å². The van der Waals surface area contributed by atoms with E-state index < -0.39 is 0 Å². The lowest BCUT2D eigenvalue weighted by atomic mass is 9.97. The first-order chi connectivity index (χ1) is 9.67. The smallest absolute Gasteiger partial charge is 0.337 e. The van der Waals surface area contributed by atoms with Gasteiger partial charge in [-0.05, 0) is 43.4 Å². The fourth-order valence-electron chi connectivity index (χ4n) is 3.70. The van der Waals surface area contributed by atoms with Crippen LogP contribution in [0.3, 0.4) is 0 Å². The minimum atomic E-state index is -0.268. The SMILES string of the molecule is COC(=O)c1cccc(CN2C3CCC2CC(N)C3)c1. The molecule has 0 aliphatic carbocycles. The first-order valence-electron chi connectivity index (χ1n) is 7.36. The predicted molar refractivity (Wildman–Crippen MR) is 77.3 cm³/mol. The minimum absolute atomic E-state index is 0.268. The molecular formula is C16H22N2O2. The fourth-order valence-corrected chi connectivity index (χ4v) is 3.70. The number of benzene rings is 1. The largest absolute Gasteiger partial charge is 0.465 e. The standard InChI is InChI=1S/C16H22N2O2/c1-20-16(19)12-4-2-3-11(7-12)10-18-14-5-6-15(18)9-13(17)8-14/h2-4,7,13-15H,5-6,8-10,17H2,1H3. The van der Waals surface area contributed by atoms with Gasteiger partial charge in [-0.15, -0.1) is 0 Å². The van der Waals surface area contributed by atoms with E-state index in [1.54, 1.807) is 6.07 Å². The monoisotopic (exact) mass is 274 g/mol. The molecule has 1 aromatic rings. The van der Waals surface area contributed by atoms with Crippen molar-refractivity contribution >= 4 is 5.97 Å². The second-order valence-corrected chi connectivity index (χ2v) is 5.98. The van der Waals surface area contributed by atoms with Crippen molar-refractivity contribution in [3.63, 3.8) is 0 Å². The molecule has 1 aromatic carbocycles. The molecule has 4 heteroatoms. The summed E-state index contributed by atoms with van der Waals surface area (Å²) >= 11 is 0. The quantitative estimate of drug-likeness (QED) is 0.856. The Balaban J connectivity index is 1.74. The molecule has 2 N–H and O–H groups in total. The summed E-state index contributed by atoms with van der Waals surface area (Å²) in [5.41, 5.74) is 7.92. The number of carbonyl (C=O) groups excluding carboxylic acids is 1. The van der Waals surface area contributed by atoms with Gasteiger partial charge in [0, 0.05) is 24.7 Å². The average molecular weight is 274 g/mol. The Labute approximate surface area is 119 Å². The predicted octanol–water partition coefficient (Wildman–Crippen LogP) is 1.93. The van der Waals surface area contributed by atoms with E-state index in [4.69, 9.17) is 10.5 Å². The summed E-state index contributed by atoms with van der Waals surface area (Å²) in [6.07, 6.45) is 4.73. The van der Waals surface area contributed by atoms with Crippen LogP contribution >= 0.6 is 0 Å². The third kappa shape index (κ3) is 2.58. The van der Waals surface area contributed by atoms with Crippen LogP contribution in [0, 0.1) is 0 Å². The number of hydrogen-bond acceptors (Lipinski definition) is 4. The molecule has 108 valence electrons. The fraction of sp³-hybridized carbons (Fsp3) is 0.562. The van der Waals surface area contributed by atoms with Crippen LogP contribution in [0.4, 0.5) is 0 Å². The Morgan fingerprint density at radius 1 is 1.35 bits per heavy atom. The summed E-state index contributed by atoms with van der Waals surface area (Å²) in [5, 5.41) is 0. The molecule has 3 rings (SSSR count). The van der Waals surface area contributed by atoms with E-state index in [1.165, 1.54) is 25.5 Å².